The Morgan fingerprint density at radius 1 is 1.11 bits per heavy atom. The molecular weight excluding hydrogens is 316 g/mol. The molecule has 0 atom stereocenters. The van der Waals surface area contributed by atoms with Gasteiger partial charge in [-0.05, 0) is 47.1 Å². The fourth-order valence-corrected chi connectivity index (χ4v) is 2.01. The van der Waals surface area contributed by atoms with Gasteiger partial charge in [0.05, 0.1) is 5.56 Å². The van der Waals surface area contributed by atoms with Crippen LogP contribution in [0, 0.1) is 18.6 Å². The summed E-state index contributed by atoms with van der Waals surface area (Å²) in [4.78, 5) is 12.0. The van der Waals surface area contributed by atoms with Crippen LogP contribution in [0.4, 0.5) is 14.5 Å². The van der Waals surface area contributed by atoms with Gasteiger partial charge in [-0.25, -0.2) is 8.78 Å². The van der Waals surface area contributed by atoms with Crippen LogP contribution in [0.2, 0.25) is 0 Å². The van der Waals surface area contributed by atoms with Crippen molar-refractivity contribution in [3.63, 3.8) is 0 Å². The number of hydrogen-bond donors (Lipinski definition) is 1. The summed E-state index contributed by atoms with van der Waals surface area (Å²) in [6.45, 7) is 1.86. The summed E-state index contributed by atoms with van der Waals surface area (Å²) in [5.74, 6) is -2.34. The van der Waals surface area contributed by atoms with Gasteiger partial charge in [0.2, 0.25) is 0 Å². The minimum atomic E-state index is -0.999. The average molecular weight is 326 g/mol. The van der Waals surface area contributed by atoms with Crippen molar-refractivity contribution in [3.05, 3.63) is 63.6 Å². The van der Waals surface area contributed by atoms with Crippen LogP contribution in [-0.2, 0) is 0 Å². The molecule has 5 heteroatoms. The van der Waals surface area contributed by atoms with E-state index in [9.17, 15) is 13.6 Å². The van der Waals surface area contributed by atoms with Crippen molar-refractivity contribution in [1.82, 2.24) is 0 Å². The summed E-state index contributed by atoms with van der Waals surface area (Å²) in [7, 11) is 0. The van der Waals surface area contributed by atoms with Crippen molar-refractivity contribution < 1.29 is 13.6 Å². The first kappa shape index (κ1) is 13.7. The smallest absolute Gasteiger partial charge is 0.256 e. The Balaban J connectivity index is 2.25. The molecule has 0 heterocycles. The maximum absolute atomic E-state index is 13.0. The third kappa shape index (κ3) is 3.17. The lowest BCUT2D eigenvalue weighted by Crippen LogP contribution is -2.13. The van der Waals surface area contributed by atoms with Gasteiger partial charge in [-0.1, -0.05) is 11.6 Å². The van der Waals surface area contributed by atoms with Gasteiger partial charge in [0, 0.05) is 16.2 Å². The summed E-state index contributed by atoms with van der Waals surface area (Å²) in [5, 5.41) is 2.52. The van der Waals surface area contributed by atoms with Gasteiger partial charge in [0.15, 0.2) is 11.6 Å². The largest absolute Gasteiger partial charge is 0.322 e. The maximum Gasteiger partial charge on any atom is 0.256 e. The molecule has 0 aliphatic rings. The number of halogens is 3. The van der Waals surface area contributed by atoms with E-state index in [1.807, 2.05) is 13.0 Å². The van der Waals surface area contributed by atoms with Crippen LogP contribution in [0.15, 0.2) is 40.9 Å². The van der Waals surface area contributed by atoms with Gasteiger partial charge in [0.25, 0.3) is 5.91 Å². The van der Waals surface area contributed by atoms with Gasteiger partial charge >= 0.3 is 0 Å². The summed E-state index contributed by atoms with van der Waals surface area (Å²) < 4.78 is 26.5. The highest BCUT2D eigenvalue weighted by atomic mass is 79.9. The fraction of sp³-hybridized carbons (Fsp3) is 0.0714. The summed E-state index contributed by atoms with van der Waals surface area (Å²) in [6.07, 6.45) is 0. The second-order valence-electron chi connectivity index (χ2n) is 4.07. The van der Waals surface area contributed by atoms with E-state index >= 15 is 0 Å². The van der Waals surface area contributed by atoms with Crippen molar-refractivity contribution in [2.75, 3.05) is 5.32 Å². The van der Waals surface area contributed by atoms with Crippen LogP contribution >= 0.6 is 15.9 Å². The Bertz CT molecular complexity index is 643. The van der Waals surface area contributed by atoms with Crippen LogP contribution in [0.5, 0.6) is 0 Å². The van der Waals surface area contributed by atoms with E-state index in [0.717, 1.165) is 17.7 Å². The third-order valence-corrected chi connectivity index (χ3v) is 3.24. The molecule has 0 aliphatic carbocycles. The van der Waals surface area contributed by atoms with E-state index in [1.54, 1.807) is 12.1 Å². The molecule has 2 aromatic rings. The van der Waals surface area contributed by atoms with Crippen LogP contribution in [0.3, 0.4) is 0 Å². The number of rotatable bonds is 2. The second-order valence-corrected chi connectivity index (χ2v) is 4.92. The molecule has 0 aliphatic heterocycles. The van der Waals surface area contributed by atoms with Crippen LogP contribution < -0.4 is 5.32 Å². The monoisotopic (exact) mass is 325 g/mol. The number of nitrogens with one attached hydrogen (secondary N) is 1. The van der Waals surface area contributed by atoms with Crippen molar-refractivity contribution in [2.24, 2.45) is 0 Å². The first-order valence-corrected chi connectivity index (χ1v) is 6.29. The van der Waals surface area contributed by atoms with Gasteiger partial charge in [-0.15, -0.1) is 0 Å². The molecule has 0 saturated heterocycles. The quantitative estimate of drug-likeness (QED) is 0.876. The number of amides is 1. The summed E-state index contributed by atoms with van der Waals surface area (Å²) in [6, 6.07) is 8.54. The number of carbonyl (C=O) groups is 1. The van der Waals surface area contributed by atoms with E-state index in [0.29, 0.717) is 10.0 Å². The highest BCUT2D eigenvalue weighted by molar-refractivity contribution is 9.10. The molecule has 0 radical (unpaired) electrons. The number of anilines is 1. The van der Waals surface area contributed by atoms with Crippen LogP contribution in [0.25, 0.3) is 0 Å². The van der Waals surface area contributed by atoms with E-state index in [1.165, 1.54) is 6.07 Å². The van der Waals surface area contributed by atoms with E-state index in [-0.39, 0.29) is 11.6 Å². The van der Waals surface area contributed by atoms with Crippen LogP contribution in [-0.4, -0.2) is 5.91 Å². The molecule has 0 bridgehead atoms. The molecule has 2 aromatic carbocycles. The Labute approximate surface area is 117 Å². The average Bonchev–Trinajstić information content (AvgIpc) is 2.36. The fourth-order valence-electron chi connectivity index (χ4n) is 1.59. The lowest BCUT2D eigenvalue weighted by Gasteiger charge is -2.08. The molecule has 1 amide bonds. The van der Waals surface area contributed by atoms with E-state index in [4.69, 9.17) is 0 Å². The highest BCUT2D eigenvalue weighted by Gasteiger charge is 2.11. The molecule has 0 fully saturated rings. The zero-order valence-electron chi connectivity index (χ0n) is 10.0. The normalized spacial score (nSPS) is 10.3. The lowest BCUT2D eigenvalue weighted by molar-refractivity contribution is 0.102. The standard InChI is InChI=1S/C14H10BrF2NO/c1-8-2-4-11(15)10(6-8)14(19)18-9-3-5-12(16)13(17)7-9/h2-7H,1H3,(H,18,19). The Morgan fingerprint density at radius 3 is 2.53 bits per heavy atom. The Kier molecular flexibility index (Phi) is 3.95. The van der Waals surface area contributed by atoms with Gasteiger partial charge < -0.3 is 5.32 Å². The minimum absolute atomic E-state index is 0.206. The van der Waals surface area contributed by atoms with Crippen molar-refractivity contribution in [2.45, 2.75) is 6.92 Å². The molecule has 98 valence electrons. The predicted molar refractivity (Wildman–Crippen MR) is 73.2 cm³/mol. The number of hydrogen-bond acceptors (Lipinski definition) is 1. The van der Waals surface area contributed by atoms with E-state index < -0.39 is 11.6 Å². The molecule has 2 rings (SSSR count). The Morgan fingerprint density at radius 2 is 1.84 bits per heavy atom. The first-order valence-electron chi connectivity index (χ1n) is 5.50. The second kappa shape index (κ2) is 5.48. The summed E-state index contributed by atoms with van der Waals surface area (Å²) in [5.41, 5.74) is 1.57. The number of aryl methyl sites for hydroxylation is 1. The van der Waals surface area contributed by atoms with E-state index in [2.05, 4.69) is 21.2 Å². The lowest BCUT2D eigenvalue weighted by atomic mass is 10.1. The predicted octanol–water partition coefficient (Wildman–Crippen LogP) is 4.29. The van der Waals surface area contributed by atoms with Crippen molar-refractivity contribution in [1.29, 1.82) is 0 Å². The first-order chi connectivity index (χ1) is 8.97. The number of carbonyl (C=O) groups excluding carboxylic acids is 1. The topological polar surface area (TPSA) is 29.1 Å². The van der Waals surface area contributed by atoms with Crippen molar-refractivity contribution in [3.8, 4) is 0 Å². The van der Waals surface area contributed by atoms with Crippen molar-refractivity contribution >= 4 is 27.5 Å². The van der Waals surface area contributed by atoms with Gasteiger partial charge in [-0.3, -0.25) is 4.79 Å². The minimum Gasteiger partial charge on any atom is -0.322 e. The Hall–Kier alpha value is -1.75. The molecular formula is C14H10BrF2NO. The highest BCUT2D eigenvalue weighted by Crippen LogP contribution is 2.20. The molecule has 0 unspecified atom stereocenters. The molecule has 0 aromatic heterocycles. The molecule has 0 spiro atoms. The van der Waals surface area contributed by atoms with Gasteiger partial charge in [-0.2, -0.15) is 0 Å². The SMILES string of the molecule is Cc1ccc(Br)c(C(=O)Nc2ccc(F)c(F)c2)c1. The molecule has 1 N–H and O–H groups in total. The zero-order valence-corrected chi connectivity index (χ0v) is 11.6. The maximum atomic E-state index is 13.0. The number of benzene rings is 2. The van der Waals surface area contributed by atoms with Gasteiger partial charge in [0.1, 0.15) is 0 Å². The molecule has 0 saturated carbocycles. The third-order valence-electron chi connectivity index (χ3n) is 2.54. The molecule has 2 nitrogen and oxygen atoms in total. The van der Waals surface area contributed by atoms with Crippen LogP contribution in [0.1, 0.15) is 15.9 Å². The zero-order chi connectivity index (χ0) is 14.0. The molecule has 19 heavy (non-hydrogen) atoms. The summed E-state index contributed by atoms with van der Waals surface area (Å²) >= 11 is 3.28.